The number of anilines is 3. The largest absolute Gasteiger partial charge is 0.368 e. The number of nitrogens with zero attached hydrogens (tertiary/aromatic N) is 2. The summed E-state index contributed by atoms with van der Waals surface area (Å²) < 4.78 is 28.0. The summed E-state index contributed by atoms with van der Waals surface area (Å²) in [5.74, 6) is -3.29. The number of primary amides is 2. The maximum Gasteiger partial charge on any atom is 0.252 e. The van der Waals surface area contributed by atoms with Crippen molar-refractivity contribution in [3.05, 3.63) is 89.6 Å². The molecule has 0 aliphatic rings. The van der Waals surface area contributed by atoms with Gasteiger partial charge in [0.25, 0.3) is 5.91 Å². The van der Waals surface area contributed by atoms with Crippen LogP contribution in [-0.4, -0.2) is 27.8 Å². The van der Waals surface area contributed by atoms with E-state index in [1.54, 1.807) is 30.5 Å². The van der Waals surface area contributed by atoms with Crippen LogP contribution in [0.3, 0.4) is 0 Å². The molecular weight excluding hydrogens is 442 g/mol. The maximum absolute atomic E-state index is 14.8. The van der Waals surface area contributed by atoms with Crippen LogP contribution in [0.4, 0.5) is 26.1 Å². The molecule has 2 aromatic carbocycles. The fourth-order valence-corrected chi connectivity index (χ4v) is 3.41. The number of carbonyl (C=O) groups excluding carboxylic acids is 2. The molecule has 1 atom stereocenters. The van der Waals surface area contributed by atoms with Crippen LogP contribution in [-0.2, 0) is 11.2 Å². The summed E-state index contributed by atoms with van der Waals surface area (Å²) in [6.07, 6.45) is 1.73. The molecule has 0 radical (unpaired) electrons. The first kappa shape index (κ1) is 22.6. The van der Waals surface area contributed by atoms with Gasteiger partial charge in [-0.3, -0.25) is 14.6 Å². The van der Waals surface area contributed by atoms with E-state index in [4.69, 9.17) is 11.5 Å². The lowest BCUT2D eigenvalue weighted by Gasteiger charge is -2.18. The summed E-state index contributed by atoms with van der Waals surface area (Å²) in [5.41, 5.74) is 12.7. The summed E-state index contributed by atoms with van der Waals surface area (Å²) in [4.78, 5) is 32.3. The zero-order valence-electron chi connectivity index (χ0n) is 17.8. The van der Waals surface area contributed by atoms with Gasteiger partial charge in [0.05, 0.1) is 11.1 Å². The molecule has 2 amide bonds. The van der Waals surface area contributed by atoms with Crippen LogP contribution in [0.25, 0.3) is 10.9 Å². The van der Waals surface area contributed by atoms with Crippen molar-refractivity contribution in [2.24, 2.45) is 11.5 Å². The van der Waals surface area contributed by atoms with Crippen molar-refractivity contribution >= 4 is 40.0 Å². The van der Waals surface area contributed by atoms with E-state index >= 15 is 0 Å². The van der Waals surface area contributed by atoms with E-state index in [1.807, 2.05) is 6.07 Å². The first-order chi connectivity index (χ1) is 16.3. The summed E-state index contributed by atoms with van der Waals surface area (Å²) in [7, 11) is 0. The lowest BCUT2D eigenvalue weighted by atomic mass is 10.1. The summed E-state index contributed by atoms with van der Waals surface area (Å²) in [5, 5.41) is 6.48. The van der Waals surface area contributed by atoms with Crippen molar-refractivity contribution in [2.45, 2.75) is 12.5 Å². The number of benzene rings is 2. The van der Waals surface area contributed by atoms with Gasteiger partial charge in [-0.2, -0.15) is 0 Å². The molecule has 0 saturated heterocycles. The number of hydrogen-bond acceptors (Lipinski definition) is 6. The number of nitrogens with two attached hydrogens (primary N) is 2. The van der Waals surface area contributed by atoms with Crippen LogP contribution < -0.4 is 22.1 Å². The molecule has 2 aromatic heterocycles. The second kappa shape index (κ2) is 9.49. The Balaban J connectivity index is 1.65. The average molecular weight is 462 g/mol. The molecule has 4 aromatic rings. The zero-order chi connectivity index (χ0) is 24.2. The minimum absolute atomic E-state index is 0.00959. The van der Waals surface area contributed by atoms with Crippen LogP contribution >= 0.6 is 0 Å². The van der Waals surface area contributed by atoms with Crippen molar-refractivity contribution in [1.29, 1.82) is 0 Å². The number of carbonyl (C=O) groups is 2. The molecule has 2 heterocycles. The molecule has 10 heteroatoms. The number of fused-ring (bicyclic) bond motifs is 1. The van der Waals surface area contributed by atoms with Gasteiger partial charge in [-0.15, -0.1) is 0 Å². The Hall–Kier alpha value is -4.60. The SMILES string of the molecule is NC(=O)c1cc(F)c(NC(Cc2ccc(F)cc2)C(N)=O)nc1Nc1ccc2ncccc2c1. The Morgan fingerprint density at radius 1 is 0.971 bits per heavy atom. The summed E-state index contributed by atoms with van der Waals surface area (Å²) in [6, 6.07) is 14.3. The number of halogens is 2. The van der Waals surface area contributed by atoms with E-state index < -0.39 is 29.5 Å². The van der Waals surface area contributed by atoms with Gasteiger partial charge in [0.2, 0.25) is 5.91 Å². The van der Waals surface area contributed by atoms with E-state index in [1.165, 1.54) is 24.3 Å². The van der Waals surface area contributed by atoms with Crippen molar-refractivity contribution in [3.8, 4) is 0 Å². The lowest BCUT2D eigenvalue weighted by Crippen LogP contribution is -2.38. The van der Waals surface area contributed by atoms with Gasteiger partial charge in [-0.25, -0.2) is 13.8 Å². The average Bonchev–Trinajstić information content (AvgIpc) is 2.81. The molecule has 6 N–H and O–H groups in total. The van der Waals surface area contributed by atoms with Crippen LogP contribution in [0, 0.1) is 11.6 Å². The summed E-state index contributed by atoms with van der Waals surface area (Å²) >= 11 is 0. The summed E-state index contributed by atoms with van der Waals surface area (Å²) in [6.45, 7) is 0. The standard InChI is InChI=1S/C24H20F2N6O2/c25-15-5-3-13(4-6-15)10-20(22(28)34)31-24-18(26)12-17(21(27)33)23(32-24)30-16-7-8-19-14(11-16)2-1-9-29-19/h1-9,11-12,20H,10H2,(H2,27,33)(H2,28,34)(H2,30,31,32). The lowest BCUT2D eigenvalue weighted by molar-refractivity contribution is -0.118. The molecule has 1 unspecified atom stereocenters. The van der Waals surface area contributed by atoms with Crippen molar-refractivity contribution in [3.63, 3.8) is 0 Å². The Bertz CT molecular complexity index is 1380. The normalized spacial score (nSPS) is 11.7. The number of aromatic nitrogens is 2. The zero-order valence-corrected chi connectivity index (χ0v) is 17.8. The van der Waals surface area contributed by atoms with E-state index in [9.17, 15) is 18.4 Å². The molecule has 0 saturated carbocycles. The molecule has 0 fully saturated rings. The second-order valence-electron chi connectivity index (χ2n) is 7.54. The number of rotatable bonds is 8. The number of hydrogen-bond donors (Lipinski definition) is 4. The molecule has 34 heavy (non-hydrogen) atoms. The molecule has 0 bridgehead atoms. The fourth-order valence-electron chi connectivity index (χ4n) is 3.41. The molecule has 8 nitrogen and oxygen atoms in total. The van der Waals surface area contributed by atoms with Crippen molar-refractivity contribution in [1.82, 2.24) is 9.97 Å². The Morgan fingerprint density at radius 2 is 1.74 bits per heavy atom. The number of nitrogens with one attached hydrogen (secondary N) is 2. The van der Waals surface area contributed by atoms with Crippen molar-refractivity contribution in [2.75, 3.05) is 10.6 Å². The van der Waals surface area contributed by atoms with Crippen LogP contribution in [0.15, 0.2) is 66.9 Å². The third-order valence-electron chi connectivity index (χ3n) is 5.11. The minimum Gasteiger partial charge on any atom is -0.368 e. The van der Waals surface area contributed by atoms with Gasteiger partial charge in [-0.05, 0) is 48.0 Å². The van der Waals surface area contributed by atoms with Gasteiger partial charge < -0.3 is 22.1 Å². The number of pyridine rings is 2. The highest BCUT2D eigenvalue weighted by molar-refractivity contribution is 5.99. The Kier molecular flexibility index (Phi) is 6.30. The predicted octanol–water partition coefficient (Wildman–Crippen LogP) is 3.26. The van der Waals surface area contributed by atoms with Gasteiger partial charge in [-0.1, -0.05) is 18.2 Å². The molecule has 0 spiro atoms. The van der Waals surface area contributed by atoms with E-state index in [0.29, 0.717) is 11.3 Å². The van der Waals surface area contributed by atoms with Crippen LogP contribution in [0.2, 0.25) is 0 Å². The predicted molar refractivity (Wildman–Crippen MR) is 124 cm³/mol. The molecule has 0 aliphatic heterocycles. The maximum atomic E-state index is 14.8. The van der Waals surface area contributed by atoms with Gasteiger partial charge in [0, 0.05) is 23.7 Å². The van der Waals surface area contributed by atoms with Crippen LogP contribution in [0.5, 0.6) is 0 Å². The third-order valence-corrected chi connectivity index (χ3v) is 5.11. The highest BCUT2D eigenvalue weighted by Gasteiger charge is 2.22. The van der Waals surface area contributed by atoms with E-state index in [2.05, 4.69) is 20.6 Å². The van der Waals surface area contributed by atoms with Gasteiger partial charge >= 0.3 is 0 Å². The Labute approximate surface area is 193 Å². The second-order valence-corrected chi connectivity index (χ2v) is 7.54. The Morgan fingerprint density at radius 3 is 2.44 bits per heavy atom. The minimum atomic E-state index is -1.05. The topological polar surface area (TPSA) is 136 Å². The third kappa shape index (κ3) is 5.07. The van der Waals surface area contributed by atoms with Gasteiger partial charge in [0.1, 0.15) is 17.7 Å². The van der Waals surface area contributed by atoms with Crippen LogP contribution in [0.1, 0.15) is 15.9 Å². The number of amides is 2. The molecule has 172 valence electrons. The smallest absolute Gasteiger partial charge is 0.252 e. The first-order valence-corrected chi connectivity index (χ1v) is 10.2. The molecular formula is C24H20F2N6O2. The van der Waals surface area contributed by atoms with E-state index in [0.717, 1.165) is 17.0 Å². The molecule has 0 aliphatic carbocycles. The van der Waals surface area contributed by atoms with Gasteiger partial charge in [0.15, 0.2) is 11.6 Å². The highest BCUT2D eigenvalue weighted by Crippen LogP contribution is 2.26. The highest BCUT2D eigenvalue weighted by atomic mass is 19.1. The van der Waals surface area contributed by atoms with E-state index in [-0.39, 0.29) is 23.6 Å². The quantitative estimate of drug-likeness (QED) is 0.317. The fraction of sp³-hybridized carbons (Fsp3) is 0.0833. The monoisotopic (exact) mass is 462 g/mol. The van der Waals surface area contributed by atoms with Crippen molar-refractivity contribution < 1.29 is 18.4 Å². The molecule has 4 rings (SSSR count). The first-order valence-electron chi connectivity index (χ1n) is 10.2.